The summed E-state index contributed by atoms with van der Waals surface area (Å²) in [5.41, 5.74) is 9.51. The highest BCUT2D eigenvalue weighted by Gasteiger charge is 2.46. The van der Waals surface area contributed by atoms with Gasteiger partial charge in [-0.15, -0.1) is 0 Å². The summed E-state index contributed by atoms with van der Waals surface area (Å²) < 4.78 is 0. The quantitative estimate of drug-likeness (QED) is 0.461. The van der Waals surface area contributed by atoms with Crippen LogP contribution in [0.5, 0.6) is 0 Å². The lowest BCUT2D eigenvalue weighted by Gasteiger charge is -2.36. The van der Waals surface area contributed by atoms with E-state index in [1.165, 1.54) is 39.0 Å². The molecule has 0 atom stereocenters. The molecular weight excluding hydrogens is 336 g/mol. The van der Waals surface area contributed by atoms with E-state index in [2.05, 4.69) is 110 Å². The van der Waals surface area contributed by atoms with Crippen molar-refractivity contribution in [2.45, 2.75) is 25.2 Å². The largest absolute Gasteiger partial charge is 0.0842 e. The van der Waals surface area contributed by atoms with Gasteiger partial charge in [0.1, 0.15) is 0 Å². The summed E-state index contributed by atoms with van der Waals surface area (Å²) in [6, 6.07) is 29.1. The summed E-state index contributed by atoms with van der Waals surface area (Å²) in [7, 11) is 0. The molecule has 0 amide bonds. The third kappa shape index (κ3) is 2.45. The lowest BCUT2D eigenvalue weighted by atomic mass is 9.65. The predicted octanol–water partition coefficient (Wildman–Crippen LogP) is 7.00. The van der Waals surface area contributed by atoms with Gasteiger partial charge >= 0.3 is 0 Å². The molecule has 0 bridgehead atoms. The van der Waals surface area contributed by atoms with Gasteiger partial charge in [-0.25, -0.2) is 0 Å². The van der Waals surface area contributed by atoms with Gasteiger partial charge in [0, 0.05) is 0 Å². The fraction of sp³-hybridized carbons (Fsp3) is 0.143. The highest BCUT2D eigenvalue weighted by Crippen LogP contribution is 2.56. The first-order valence-electron chi connectivity index (χ1n) is 10.1. The van der Waals surface area contributed by atoms with E-state index in [9.17, 15) is 0 Å². The van der Waals surface area contributed by atoms with Gasteiger partial charge in [0.2, 0.25) is 0 Å². The Morgan fingerprint density at radius 2 is 1.43 bits per heavy atom. The SMILES string of the molecule is Cc1ccc2c(c1)C(c1ccccc1)(c1ccccc1)C1=C2/C=C\C=C\CC1. The molecule has 28 heavy (non-hydrogen) atoms. The van der Waals surface area contributed by atoms with E-state index in [1.54, 1.807) is 0 Å². The van der Waals surface area contributed by atoms with Crippen LogP contribution < -0.4 is 0 Å². The average Bonchev–Trinajstić information content (AvgIpc) is 2.98. The standard InChI is InChI=1S/C28H24/c1-21-18-19-25-24-16-10-2-3-11-17-26(24)28(27(25)20-21,22-12-6-4-7-13-22)23-14-8-5-9-15-23/h2-10,12-16,18-20H,11,17H2,1H3/b3-2+,16-10-. The van der Waals surface area contributed by atoms with E-state index in [1.807, 2.05) is 0 Å². The molecule has 0 radical (unpaired) electrons. The van der Waals surface area contributed by atoms with Gasteiger partial charge in [0.05, 0.1) is 5.41 Å². The lowest BCUT2D eigenvalue weighted by Crippen LogP contribution is -2.30. The van der Waals surface area contributed by atoms with E-state index in [0.29, 0.717) is 0 Å². The minimum Gasteiger partial charge on any atom is -0.0842 e. The third-order valence-corrected chi connectivity index (χ3v) is 6.13. The van der Waals surface area contributed by atoms with Crippen LogP contribution >= 0.6 is 0 Å². The van der Waals surface area contributed by atoms with Crippen LogP contribution in [0.4, 0.5) is 0 Å². The number of benzene rings is 3. The fourth-order valence-corrected chi connectivity index (χ4v) is 5.00. The number of hydrogen-bond donors (Lipinski definition) is 0. The molecule has 0 N–H and O–H groups in total. The van der Waals surface area contributed by atoms with Crippen molar-refractivity contribution in [1.82, 2.24) is 0 Å². The number of fused-ring (bicyclic) bond motifs is 2. The van der Waals surface area contributed by atoms with Crippen LogP contribution in [0, 0.1) is 6.92 Å². The molecule has 0 saturated carbocycles. The molecule has 0 aliphatic heterocycles. The smallest absolute Gasteiger partial charge is 0.0676 e. The van der Waals surface area contributed by atoms with Crippen molar-refractivity contribution in [1.29, 1.82) is 0 Å². The summed E-state index contributed by atoms with van der Waals surface area (Å²) in [6.07, 6.45) is 11.1. The second-order valence-electron chi connectivity index (χ2n) is 7.75. The summed E-state index contributed by atoms with van der Waals surface area (Å²) in [6.45, 7) is 2.20. The van der Waals surface area contributed by atoms with Crippen LogP contribution in [0.25, 0.3) is 5.57 Å². The molecule has 0 heteroatoms. The van der Waals surface area contributed by atoms with Gasteiger partial charge in [-0.2, -0.15) is 0 Å². The highest BCUT2D eigenvalue weighted by molar-refractivity contribution is 5.90. The first-order chi connectivity index (χ1) is 13.8. The van der Waals surface area contributed by atoms with E-state index in [0.717, 1.165) is 12.8 Å². The lowest BCUT2D eigenvalue weighted by molar-refractivity contribution is 0.698. The molecule has 0 heterocycles. The summed E-state index contributed by atoms with van der Waals surface area (Å²) in [4.78, 5) is 0. The Bertz CT molecular complexity index is 1060. The molecule has 5 rings (SSSR count). The molecule has 0 spiro atoms. The monoisotopic (exact) mass is 360 g/mol. The molecular formula is C28H24. The Labute approximate surface area is 167 Å². The Morgan fingerprint density at radius 1 is 0.750 bits per heavy atom. The van der Waals surface area contributed by atoms with Crippen LogP contribution in [0.3, 0.4) is 0 Å². The first-order valence-corrected chi connectivity index (χ1v) is 10.1. The van der Waals surface area contributed by atoms with Crippen molar-refractivity contribution < 1.29 is 0 Å². The molecule has 0 aromatic heterocycles. The van der Waals surface area contributed by atoms with E-state index in [4.69, 9.17) is 0 Å². The van der Waals surface area contributed by atoms with Gasteiger partial charge in [0.25, 0.3) is 0 Å². The maximum Gasteiger partial charge on any atom is 0.0676 e. The van der Waals surface area contributed by atoms with Crippen LogP contribution in [0.15, 0.2) is 109 Å². The zero-order valence-electron chi connectivity index (χ0n) is 16.2. The van der Waals surface area contributed by atoms with Gasteiger partial charge in [0.15, 0.2) is 0 Å². The van der Waals surface area contributed by atoms with Crippen LogP contribution in [0.1, 0.15) is 40.7 Å². The van der Waals surface area contributed by atoms with Crippen LogP contribution in [-0.2, 0) is 5.41 Å². The Kier molecular flexibility index (Phi) is 4.13. The minimum atomic E-state index is -0.227. The summed E-state index contributed by atoms with van der Waals surface area (Å²) >= 11 is 0. The molecule has 0 saturated heterocycles. The molecule has 2 aliphatic rings. The minimum absolute atomic E-state index is 0.227. The molecule has 0 unspecified atom stereocenters. The van der Waals surface area contributed by atoms with Crippen molar-refractivity contribution >= 4 is 5.57 Å². The molecule has 0 nitrogen and oxygen atoms in total. The van der Waals surface area contributed by atoms with Gasteiger partial charge in [-0.1, -0.05) is 109 Å². The third-order valence-electron chi connectivity index (χ3n) is 6.13. The Morgan fingerprint density at radius 3 is 2.11 bits per heavy atom. The topological polar surface area (TPSA) is 0 Å². The fourth-order valence-electron chi connectivity index (χ4n) is 5.00. The van der Waals surface area contributed by atoms with Crippen LogP contribution in [-0.4, -0.2) is 0 Å². The molecule has 2 aliphatic carbocycles. The number of aryl methyl sites for hydroxylation is 1. The van der Waals surface area contributed by atoms with Crippen molar-refractivity contribution in [2.75, 3.05) is 0 Å². The van der Waals surface area contributed by atoms with Crippen molar-refractivity contribution in [3.8, 4) is 0 Å². The van der Waals surface area contributed by atoms with Crippen molar-refractivity contribution in [3.05, 3.63) is 137 Å². The molecule has 3 aromatic rings. The predicted molar refractivity (Wildman–Crippen MR) is 118 cm³/mol. The zero-order chi connectivity index (χ0) is 19.0. The van der Waals surface area contributed by atoms with Gasteiger partial charge in [-0.3, -0.25) is 0 Å². The second-order valence-corrected chi connectivity index (χ2v) is 7.75. The van der Waals surface area contributed by atoms with Crippen molar-refractivity contribution in [2.24, 2.45) is 0 Å². The maximum absolute atomic E-state index is 2.40. The van der Waals surface area contributed by atoms with Gasteiger partial charge < -0.3 is 0 Å². The Balaban J connectivity index is 1.94. The second kappa shape index (κ2) is 6.80. The van der Waals surface area contributed by atoms with E-state index < -0.39 is 0 Å². The molecule has 0 fully saturated rings. The number of hydrogen-bond acceptors (Lipinski definition) is 0. The van der Waals surface area contributed by atoms with Crippen LogP contribution in [0.2, 0.25) is 0 Å². The Hall–Kier alpha value is -3.12. The zero-order valence-corrected chi connectivity index (χ0v) is 16.2. The highest BCUT2D eigenvalue weighted by atomic mass is 14.5. The number of allylic oxidation sites excluding steroid dienone is 6. The first kappa shape index (κ1) is 17.0. The van der Waals surface area contributed by atoms with E-state index in [-0.39, 0.29) is 5.41 Å². The van der Waals surface area contributed by atoms with Crippen molar-refractivity contribution in [3.63, 3.8) is 0 Å². The normalized spacial score (nSPS) is 19.3. The average molecular weight is 361 g/mol. The van der Waals surface area contributed by atoms with E-state index >= 15 is 0 Å². The van der Waals surface area contributed by atoms with Gasteiger partial charge in [-0.05, 0) is 53.2 Å². The maximum atomic E-state index is 2.40. The molecule has 3 aromatic carbocycles. The summed E-state index contributed by atoms with van der Waals surface area (Å²) in [5.74, 6) is 0. The number of rotatable bonds is 2. The summed E-state index contributed by atoms with van der Waals surface area (Å²) in [5, 5.41) is 0. The molecule has 136 valence electrons.